The topological polar surface area (TPSA) is 24.9 Å². The van der Waals surface area contributed by atoms with E-state index in [4.69, 9.17) is 0 Å². The first-order valence-electron chi connectivity index (χ1n) is 5.06. The molecule has 1 aromatic carbocycles. The predicted molar refractivity (Wildman–Crippen MR) is 73.1 cm³/mol. The van der Waals surface area contributed by atoms with Crippen molar-refractivity contribution in [3.8, 4) is 0 Å². The summed E-state index contributed by atoms with van der Waals surface area (Å²) in [5, 5.41) is 6.51. The molecule has 2 nitrogen and oxygen atoms in total. The average Bonchev–Trinajstić information content (AvgIpc) is 2.68. The molecular weight excluding hydrogens is 284 g/mol. The van der Waals surface area contributed by atoms with Gasteiger partial charge < -0.3 is 5.32 Å². The fraction of sp³-hybridized carbons (Fsp3) is 0.250. The van der Waals surface area contributed by atoms with Gasteiger partial charge in [-0.15, -0.1) is 11.3 Å². The Morgan fingerprint density at radius 1 is 1.38 bits per heavy atom. The molecular formula is C12H13BrN2S. The van der Waals surface area contributed by atoms with Crippen LogP contribution in [0.4, 0.5) is 5.69 Å². The first-order valence-corrected chi connectivity index (χ1v) is 6.73. The summed E-state index contributed by atoms with van der Waals surface area (Å²) in [6, 6.07) is 4.30. The van der Waals surface area contributed by atoms with E-state index in [0.717, 1.165) is 21.7 Å². The Labute approximate surface area is 108 Å². The van der Waals surface area contributed by atoms with Gasteiger partial charge in [0, 0.05) is 16.0 Å². The van der Waals surface area contributed by atoms with Gasteiger partial charge in [0.2, 0.25) is 0 Å². The highest BCUT2D eigenvalue weighted by Gasteiger charge is 2.05. The van der Waals surface area contributed by atoms with Crippen molar-refractivity contribution in [1.29, 1.82) is 0 Å². The van der Waals surface area contributed by atoms with Gasteiger partial charge in [-0.25, -0.2) is 4.98 Å². The lowest BCUT2D eigenvalue weighted by molar-refractivity contribution is 1.09. The smallest absolute Gasteiger partial charge is 0.112 e. The second kappa shape index (κ2) is 4.97. The van der Waals surface area contributed by atoms with Crippen LogP contribution in [-0.4, -0.2) is 4.98 Å². The minimum absolute atomic E-state index is 0.778. The van der Waals surface area contributed by atoms with E-state index in [9.17, 15) is 0 Å². The number of hydrogen-bond acceptors (Lipinski definition) is 3. The zero-order valence-electron chi connectivity index (χ0n) is 9.25. The molecule has 0 atom stereocenters. The molecule has 0 radical (unpaired) electrons. The second-order valence-electron chi connectivity index (χ2n) is 3.72. The molecule has 0 bridgehead atoms. The summed E-state index contributed by atoms with van der Waals surface area (Å²) >= 11 is 5.25. The normalized spacial score (nSPS) is 10.4. The zero-order chi connectivity index (χ0) is 11.5. The summed E-state index contributed by atoms with van der Waals surface area (Å²) in [5.74, 6) is 0. The Morgan fingerprint density at radius 2 is 2.19 bits per heavy atom. The third kappa shape index (κ3) is 2.62. The number of nitrogens with one attached hydrogen (secondary N) is 1. The van der Waals surface area contributed by atoms with Gasteiger partial charge >= 0.3 is 0 Å². The monoisotopic (exact) mass is 296 g/mol. The molecule has 16 heavy (non-hydrogen) atoms. The highest BCUT2D eigenvalue weighted by atomic mass is 79.9. The van der Waals surface area contributed by atoms with Gasteiger partial charge in [0.05, 0.1) is 12.2 Å². The highest BCUT2D eigenvalue weighted by molar-refractivity contribution is 9.10. The van der Waals surface area contributed by atoms with Gasteiger partial charge in [-0.1, -0.05) is 6.07 Å². The Bertz CT molecular complexity index is 457. The Balaban J connectivity index is 2.15. The minimum atomic E-state index is 0.778. The Kier molecular flexibility index (Phi) is 3.61. The van der Waals surface area contributed by atoms with Crippen molar-refractivity contribution < 1.29 is 0 Å². The fourth-order valence-corrected chi connectivity index (χ4v) is 3.01. The SMILES string of the molecule is Cc1cc(C)c(NCc2nccs2)c(Br)c1. The Morgan fingerprint density at radius 3 is 2.81 bits per heavy atom. The van der Waals surface area contributed by atoms with Gasteiger partial charge in [0.25, 0.3) is 0 Å². The second-order valence-corrected chi connectivity index (χ2v) is 5.55. The lowest BCUT2D eigenvalue weighted by Crippen LogP contribution is -2.01. The van der Waals surface area contributed by atoms with E-state index in [2.05, 4.69) is 52.2 Å². The van der Waals surface area contributed by atoms with Crippen molar-refractivity contribution in [1.82, 2.24) is 4.98 Å². The molecule has 0 unspecified atom stereocenters. The van der Waals surface area contributed by atoms with E-state index >= 15 is 0 Å². The molecule has 1 heterocycles. The highest BCUT2D eigenvalue weighted by Crippen LogP contribution is 2.28. The number of rotatable bonds is 3. The average molecular weight is 297 g/mol. The van der Waals surface area contributed by atoms with Crippen LogP contribution >= 0.6 is 27.3 Å². The maximum absolute atomic E-state index is 4.25. The van der Waals surface area contributed by atoms with Crippen molar-refractivity contribution in [2.75, 3.05) is 5.32 Å². The van der Waals surface area contributed by atoms with Crippen molar-refractivity contribution in [3.05, 3.63) is 44.3 Å². The van der Waals surface area contributed by atoms with Crippen molar-refractivity contribution in [2.45, 2.75) is 20.4 Å². The summed E-state index contributed by atoms with van der Waals surface area (Å²) in [6.07, 6.45) is 1.83. The van der Waals surface area contributed by atoms with Gasteiger partial charge in [-0.2, -0.15) is 0 Å². The zero-order valence-corrected chi connectivity index (χ0v) is 11.7. The van der Waals surface area contributed by atoms with Gasteiger partial charge in [-0.05, 0) is 47.0 Å². The number of benzene rings is 1. The van der Waals surface area contributed by atoms with Crippen LogP contribution in [0.2, 0.25) is 0 Å². The fourth-order valence-electron chi connectivity index (χ4n) is 1.64. The van der Waals surface area contributed by atoms with E-state index < -0.39 is 0 Å². The van der Waals surface area contributed by atoms with Crippen LogP contribution in [0, 0.1) is 13.8 Å². The number of thiazole rings is 1. The third-order valence-electron chi connectivity index (χ3n) is 2.33. The number of aromatic nitrogens is 1. The van der Waals surface area contributed by atoms with Crippen molar-refractivity contribution in [3.63, 3.8) is 0 Å². The summed E-state index contributed by atoms with van der Waals surface area (Å²) in [7, 11) is 0. The maximum Gasteiger partial charge on any atom is 0.112 e. The molecule has 2 rings (SSSR count). The largest absolute Gasteiger partial charge is 0.377 e. The first kappa shape index (κ1) is 11.6. The minimum Gasteiger partial charge on any atom is -0.377 e. The third-order valence-corrected chi connectivity index (χ3v) is 3.74. The van der Waals surface area contributed by atoms with Crippen LogP contribution in [-0.2, 0) is 6.54 Å². The molecule has 1 aromatic heterocycles. The molecule has 2 aromatic rings. The predicted octanol–water partition coefficient (Wildman–Crippen LogP) is 4.13. The summed E-state index contributed by atoms with van der Waals surface area (Å²) in [4.78, 5) is 4.25. The Hall–Kier alpha value is -0.870. The molecule has 0 aliphatic carbocycles. The molecule has 0 fully saturated rings. The molecule has 1 N–H and O–H groups in total. The van der Waals surface area contributed by atoms with E-state index in [1.54, 1.807) is 11.3 Å². The molecule has 84 valence electrons. The molecule has 0 spiro atoms. The first-order chi connectivity index (χ1) is 7.66. The quantitative estimate of drug-likeness (QED) is 0.921. The van der Waals surface area contributed by atoms with Crippen LogP contribution in [0.3, 0.4) is 0 Å². The van der Waals surface area contributed by atoms with E-state index in [1.165, 1.54) is 11.1 Å². The van der Waals surface area contributed by atoms with Crippen LogP contribution in [0.25, 0.3) is 0 Å². The van der Waals surface area contributed by atoms with Crippen LogP contribution < -0.4 is 5.32 Å². The number of hydrogen-bond donors (Lipinski definition) is 1. The lowest BCUT2D eigenvalue weighted by Gasteiger charge is -2.11. The summed E-state index contributed by atoms with van der Waals surface area (Å²) in [5.41, 5.74) is 3.67. The maximum atomic E-state index is 4.25. The van der Waals surface area contributed by atoms with Gasteiger partial charge in [-0.3, -0.25) is 0 Å². The molecule has 4 heteroatoms. The van der Waals surface area contributed by atoms with Gasteiger partial charge in [0.15, 0.2) is 0 Å². The lowest BCUT2D eigenvalue weighted by atomic mass is 10.1. The molecule has 0 aliphatic rings. The standard InChI is InChI=1S/C12H13BrN2S/c1-8-5-9(2)12(10(13)6-8)15-7-11-14-3-4-16-11/h3-6,15H,7H2,1-2H3. The van der Waals surface area contributed by atoms with Crippen molar-refractivity contribution >= 4 is 33.0 Å². The van der Waals surface area contributed by atoms with Crippen LogP contribution in [0.15, 0.2) is 28.2 Å². The number of anilines is 1. The van der Waals surface area contributed by atoms with E-state index in [-0.39, 0.29) is 0 Å². The molecule has 0 saturated carbocycles. The molecule has 0 amide bonds. The number of aryl methyl sites for hydroxylation is 2. The molecule has 0 aliphatic heterocycles. The summed E-state index contributed by atoms with van der Waals surface area (Å²) in [6.45, 7) is 4.99. The van der Waals surface area contributed by atoms with Crippen LogP contribution in [0.1, 0.15) is 16.1 Å². The van der Waals surface area contributed by atoms with Crippen LogP contribution in [0.5, 0.6) is 0 Å². The van der Waals surface area contributed by atoms with E-state index in [0.29, 0.717) is 0 Å². The number of halogens is 1. The molecule has 0 saturated heterocycles. The van der Waals surface area contributed by atoms with Crippen molar-refractivity contribution in [2.24, 2.45) is 0 Å². The van der Waals surface area contributed by atoms with E-state index in [1.807, 2.05) is 11.6 Å². The number of nitrogens with zero attached hydrogens (tertiary/aromatic N) is 1. The van der Waals surface area contributed by atoms with Gasteiger partial charge in [0.1, 0.15) is 5.01 Å². The summed E-state index contributed by atoms with van der Waals surface area (Å²) < 4.78 is 1.11.